The predicted octanol–water partition coefficient (Wildman–Crippen LogP) is 15.5. The molecule has 29 heteroatoms. The van der Waals surface area contributed by atoms with Crippen molar-refractivity contribution in [1.29, 1.82) is 10.5 Å². The number of nitrogens with one attached hydrogen (secondary N) is 1. The van der Waals surface area contributed by atoms with E-state index >= 15 is 0 Å². The molecule has 2 N–H and O–H groups in total. The summed E-state index contributed by atoms with van der Waals surface area (Å²) in [7, 11) is 11.6. The normalized spacial score (nSPS) is 17.9. The monoisotopic (exact) mass is 1880 g/mol. The number of hydrogen-bond acceptors (Lipinski definition) is 21. The van der Waals surface area contributed by atoms with Gasteiger partial charge >= 0.3 is 75.6 Å². The number of nitrogens with zero attached hydrogens (tertiary/aromatic N) is 13. The molecule has 12 aromatic rings. The van der Waals surface area contributed by atoms with E-state index in [1.807, 2.05) is 158 Å². The summed E-state index contributed by atoms with van der Waals surface area (Å²) in [5.41, 5.74) is 24.3. The van der Waals surface area contributed by atoms with E-state index < -0.39 is 27.5 Å². The molecule has 0 unspecified atom stereocenters. The topological polar surface area (TPSA) is 259 Å². The summed E-state index contributed by atoms with van der Waals surface area (Å²) >= 11 is 6.37. The van der Waals surface area contributed by atoms with E-state index in [0.717, 1.165) is 116 Å². The van der Waals surface area contributed by atoms with Gasteiger partial charge in [0.2, 0.25) is 9.23 Å². The van der Waals surface area contributed by atoms with E-state index in [-0.39, 0.29) is 117 Å². The molecule has 10 aliphatic rings. The first kappa shape index (κ1) is 96.8. The van der Waals surface area contributed by atoms with Gasteiger partial charge in [0.15, 0.2) is 5.78 Å². The number of benzene rings is 10. The number of fused-ring (bicyclic) bond motifs is 14. The number of aromatic nitrogens is 4. The molecule has 10 aromatic carbocycles. The van der Waals surface area contributed by atoms with Crippen LogP contribution < -0.4 is 76.0 Å². The fourth-order valence-electron chi connectivity index (χ4n) is 19.4. The molecule has 0 bridgehead atoms. The minimum absolute atomic E-state index is 0. The Hall–Kier alpha value is -10.7. The molecule has 4 aliphatic carbocycles. The number of ether oxygens (including phenoxy) is 4. The molecule has 4 saturated heterocycles. The van der Waals surface area contributed by atoms with Crippen molar-refractivity contribution in [3.8, 4) is 68.7 Å². The summed E-state index contributed by atoms with van der Waals surface area (Å²) in [5.74, 6) is 1.82. The number of piperazine rings is 2. The average Bonchev–Trinajstić information content (AvgIpc) is 1.60. The molecule has 3 radical (unpaired) electrons. The number of likely N-dealkylation sites (tertiary alicyclic amines) is 2. The number of nitriles is 2. The van der Waals surface area contributed by atoms with Crippen LogP contribution in [0.1, 0.15) is 140 Å². The first-order valence-corrected chi connectivity index (χ1v) is 47.7. The van der Waals surface area contributed by atoms with Crippen LogP contribution in [-0.4, -0.2) is 184 Å². The molecule has 23 nitrogen and oxygen atoms in total. The van der Waals surface area contributed by atoms with E-state index in [4.69, 9.17) is 49.7 Å². The molecule has 2 aromatic heterocycles. The van der Waals surface area contributed by atoms with Crippen molar-refractivity contribution in [2.24, 2.45) is 0 Å². The molecule has 673 valence electrons. The minimum atomic E-state index is -1.67. The van der Waals surface area contributed by atoms with Gasteiger partial charge in [0.05, 0.1) is 59.9 Å². The number of carbonyl (C=O) groups is 3. The van der Waals surface area contributed by atoms with Crippen LogP contribution in [0.4, 0.5) is 21.2 Å². The Morgan fingerprint density at radius 2 is 0.827 bits per heavy atom. The molecule has 0 saturated carbocycles. The number of hydrogen-bond donors (Lipinski definition) is 2. The van der Waals surface area contributed by atoms with Gasteiger partial charge in [-0.1, -0.05) is 255 Å². The summed E-state index contributed by atoms with van der Waals surface area (Å²) in [6, 6.07) is 90.4. The van der Waals surface area contributed by atoms with Crippen LogP contribution in [0.25, 0.3) is 44.5 Å². The Balaban J connectivity index is 0.000000146. The van der Waals surface area contributed by atoms with E-state index in [1.54, 1.807) is 9.80 Å². The molecule has 8 heterocycles. The zero-order chi connectivity index (χ0) is 90.4. The predicted molar refractivity (Wildman–Crippen MR) is 517 cm³/mol. The van der Waals surface area contributed by atoms with Gasteiger partial charge < -0.3 is 60.2 Å². The van der Waals surface area contributed by atoms with Crippen LogP contribution in [0.15, 0.2) is 255 Å². The first-order valence-electron chi connectivity index (χ1n) is 44.5. The van der Waals surface area contributed by atoms with E-state index in [9.17, 15) is 30.0 Å². The van der Waals surface area contributed by atoms with E-state index in [0.29, 0.717) is 103 Å². The maximum absolute atomic E-state index is 13.3. The third-order valence-corrected chi connectivity index (χ3v) is 26.5. The zero-order valence-corrected chi connectivity index (χ0v) is 80.7. The van der Waals surface area contributed by atoms with Gasteiger partial charge in [-0.15, -0.1) is 11.6 Å². The average molecular weight is 1880 g/mol. The van der Waals surface area contributed by atoms with Crippen LogP contribution >= 0.6 is 33.0 Å². The molecule has 4 atom stereocenters. The number of aliphatic hydroxyl groups excluding tert-OH is 1. The second-order valence-corrected chi connectivity index (χ2v) is 36.8. The van der Waals surface area contributed by atoms with Gasteiger partial charge in [-0.25, -0.2) is 13.8 Å². The fraction of sp³-hybridized carbons (Fsp3) is 0.298. The molecular formula is C104H102BCl3KN14O9S. The largest absolute Gasteiger partial charge is 1.00 e. The maximum Gasteiger partial charge on any atom is 1.00 e. The smallest absolute Gasteiger partial charge is 1.00 e. The van der Waals surface area contributed by atoms with Gasteiger partial charge in [0.1, 0.15) is 44.2 Å². The number of anilines is 2. The minimum Gasteiger partial charge on any atom is -1.00 e. The van der Waals surface area contributed by atoms with Gasteiger partial charge in [0, 0.05) is 130 Å². The SMILES string of the molecule is CN1CCC[C@H]1COc1nc2c(c(N3CCN(C(=O)OCc4ccccc4)[C@@H](CC#N)C3)n1)CN(C1c3ccccc3-c3ccccc31)C2.CN1CCC[C@H]1COc1nc2c(c(N3CCN(C(=O)OCc4ccccc4)[C@@H](CC#N)C3)n1)CNC2.ClC1c2ccccc2-c2ccccc21.O=C1c2ccccc2-c2ccccc21.O=S(Cl)Cl.OC1c2ccccc2-c2ccccc21.[B].[H-].[K+]. The fourth-order valence-corrected chi connectivity index (χ4v) is 19.8. The van der Waals surface area contributed by atoms with Crippen molar-refractivity contribution >= 4 is 80.2 Å². The second kappa shape index (κ2) is 45.5. The molecule has 6 aliphatic heterocycles. The third kappa shape index (κ3) is 22.1. The molecule has 22 rings (SSSR count). The van der Waals surface area contributed by atoms with Crippen molar-refractivity contribution < 1.29 is 95.5 Å². The number of alkyl halides is 1. The number of likely N-dealkylation sites (N-methyl/N-ethyl adjacent to an activating group) is 2. The van der Waals surface area contributed by atoms with Crippen LogP contribution in [0, 0.1) is 22.7 Å². The Morgan fingerprint density at radius 1 is 0.466 bits per heavy atom. The van der Waals surface area contributed by atoms with Crippen molar-refractivity contribution in [2.75, 3.05) is 89.5 Å². The van der Waals surface area contributed by atoms with Crippen LogP contribution in [0.3, 0.4) is 0 Å². The Kier molecular flexibility index (Phi) is 33.2. The maximum atomic E-state index is 13.3. The van der Waals surface area contributed by atoms with Crippen LogP contribution in [0.5, 0.6) is 12.0 Å². The van der Waals surface area contributed by atoms with Crippen molar-refractivity contribution in [3.05, 3.63) is 333 Å². The summed E-state index contributed by atoms with van der Waals surface area (Å²) in [5, 5.41) is 32.7. The van der Waals surface area contributed by atoms with Gasteiger partial charge in [0.25, 0.3) is 0 Å². The summed E-state index contributed by atoms with van der Waals surface area (Å²) in [4.78, 5) is 72.6. The van der Waals surface area contributed by atoms with E-state index in [1.165, 1.54) is 57.3 Å². The number of ketones is 1. The molecular weight excluding hydrogens is 1780 g/mol. The molecule has 4 fully saturated rings. The number of halogens is 3. The van der Waals surface area contributed by atoms with Crippen molar-refractivity contribution in [1.82, 2.24) is 49.8 Å². The van der Waals surface area contributed by atoms with Crippen LogP contribution in [-0.2, 0) is 58.1 Å². The zero-order valence-electron chi connectivity index (χ0n) is 75.5. The first-order chi connectivity index (χ1) is 64.0. The third-order valence-electron chi connectivity index (χ3n) is 26.0. The Morgan fingerprint density at radius 3 is 1.24 bits per heavy atom. The van der Waals surface area contributed by atoms with Gasteiger partial charge in [-0.3, -0.25) is 9.69 Å². The Bertz CT molecular complexity index is 5980. The van der Waals surface area contributed by atoms with Gasteiger partial charge in [-0.2, -0.15) is 30.5 Å². The number of carbonyl (C=O) groups excluding carboxylic acids is 3. The summed E-state index contributed by atoms with van der Waals surface area (Å²) in [6.45, 7) is 9.41. The Labute approximate surface area is 838 Å². The molecule has 2 amide bonds. The molecule has 0 spiro atoms. The van der Waals surface area contributed by atoms with Gasteiger partial charge in [-0.05, 0) is 142 Å². The summed E-state index contributed by atoms with van der Waals surface area (Å²) in [6.07, 6.45) is 3.76. The number of rotatable bonds is 15. The molecule has 133 heavy (non-hydrogen) atoms. The second-order valence-electron chi connectivity index (χ2n) is 33.9. The summed E-state index contributed by atoms with van der Waals surface area (Å²) < 4.78 is 32.8. The van der Waals surface area contributed by atoms with Crippen LogP contribution in [0.2, 0.25) is 0 Å². The van der Waals surface area contributed by atoms with Crippen molar-refractivity contribution in [3.63, 3.8) is 0 Å². The standard InChI is InChI=1S/C39H41N7O3.C26H33N7O3.C13H9Cl.C13H10O.C13H8O.B.Cl2OS.K.H/c1-43-19-9-12-29(43)26-48-38-41-35-24-45(36-32-15-7-5-13-30(32)31-14-6-8-16-33(31)36)23-34(35)37(42-38)44-20-21-46(28(22-44)17-18-40)39(47)49-25-27-10-3-2-4-11-27;1-31-11-5-8-21(31)18-35-25-29-23-15-28-14-22(23)24(30-25)32-12-13-33(20(16-32)9-10-27)26(34)36-17-19-6-3-2-4-7-19;3*14-13-11-7-3-1-5-9(11)10-6-2-4-8-12(10)13;;1-4(2)3;;/h2-8,10-11,13-16,28-29,36H,9,12,17,19-26H2,1H3;2-4,6-7,20-21,28H,5,8-9,11-18H2,1H3;1-8,13H;1-8,13-14H;1-8H;;;;/q;;;;;;;+1;-1/t28-,29-;20-,21-;;;;;;;/m00......./s1. The quantitative estimate of drug-likeness (QED) is 0.0549. The van der Waals surface area contributed by atoms with Crippen molar-refractivity contribution in [2.45, 2.75) is 120 Å². The van der Waals surface area contributed by atoms with E-state index in [2.05, 4.69) is 179 Å². The number of aliphatic hydroxyl groups is 1. The number of amides is 2.